The Kier molecular flexibility index (Phi) is 5.05. The van der Waals surface area contributed by atoms with E-state index >= 15 is 0 Å². The molecule has 0 saturated carbocycles. The predicted molar refractivity (Wildman–Crippen MR) is 93.2 cm³/mol. The van der Waals surface area contributed by atoms with Crippen LogP contribution in [0.15, 0.2) is 40.2 Å². The summed E-state index contributed by atoms with van der Waals surface area (Å²) in [5.74, 6) is 0.587. The summed E-state index contributed by atoms with van der Waals surface area (Å²) in [6.45, 7) is 7.62. The maximum Gasteiger partial charge on any atom is 0.248 e. The first-order chi connectivity index (χ1) is 10.8. The van der Waals surface area contributed by atoms with Crippen molar-refractivity contribution in [2.75, 3.05) is 0 Å². The van der Waals surface area contributed by atoms with Gasteiger partial charge in [-0.3, -0.25) is 4.79 Å². The van der Waals surface area contributed by atoms with Crippen LogP contribution in [-0.4, -0.2) is 10.8 Å². The van der Waals surface area contributed by atoms with Gasteiger partial charge in [0.1, 0.15) is 5.78 Å². The molecular weight excluding hydrogens is 288 g/mol. The minimum absolute atomic E-state index is 0.0416. The van der Waals surface area contributed by atoms with E-state index in [-0.39, 0.29) is 11.3 Å². The Bertz CT molecular complexity index is 727. The zero-order valence-electron chi connectivity index (χ0n) is 14.4. The largest absolute Gasteiger partial charge is 0.326 e. The molecule has 2 atom stereocenters. The molecule has 0 unspecified atom stereocenters. The molecule has 2 bridgehead atoms. The van der Waals surface area contributed by atoms with E-state index in [1.807, 2.05) is 13.0 Å². The first kappa shape index (κ1) is 17.4. The van der Waals surface area contributed by atoms with Crippen molar-refractivity contribution in [2.24, 2.45) is 11.7 Å². The molecule has 3 rings (SSSR count). The molecule has 0 aliphatic heterocycles. The van der Waals surface area contributed by atoms with Crippen molar-refractivity contribution >= 4 is 5.78 Å². The van der Waals surface area contributed by atoms with Crippen LogP contribution in [0.3, 0.4) is 0 Å². The number of pyridine rings is 1. The van der Waals surface area contributed by atoms with Gasteiger partial charge in [-0.05, 0) is 50.8 Å². The van der Waals surface area contributed by atoms with E-state index in [2.05, 4.69) is 31.0 Å². The molecule has 1 aromatic heterocycles. The van der Waals surface area contributed by atoms with Gasteiger partial charge in [0.25, 0.3) is 0 Å². The van der Waals surface area contributed by atoms with Gasteiger partial charge in [0.15, 0.2) is 0 Å². The Morgan fingerprint density at radius 1 is 1.48 bits per heavy atom. The van der Waals surface area contributed by atoms with Crippen LogP contribution in [-0.2, 0) is 16.8 Å². The zero-order valence-corrected chi connectivity index (χ0v) is 14.4. The molecule has 0 saturated heterocycles. The number of rotatable bonds is 1. The smallest absolute Gasteiger partial charge is 0.248 e. The lowest BCUT2D eigenvalue weighted by atomic mass is 9.63. The molecule has 124 valence electrons. The van der Waals surface area contributed by atoms with Crippen LogP contribution in [0.5, 0.6) is 0 Å². The van der Waals surface area contributed by atoms with Gasteiger partial charge in [-0.25, -0.2) is 0 Å². The minimum Gasteiger partial charge on any atom is -0.326 e. The molecule has 4 heteroatoms. The first-order valence-corrected chi connectivity index (χ1v) is 8.16. The maximum atomic E-state index is 11.5. The molecule has 0 radical (unpaired) electrons. The van der Waals surface area contributed by atoms with Gasteiger partial charge in [-0.1, -0.05) is 24.6 Å². The summed E-state index contributed by atoms with van der Waals surface area (Å²) in [7, 11) is 0. The SMILES string of the molecule is C/C=C1\[C@@H]2C=C(C)C[C@@]1(N)c1ccc(=O)[nH]c1C2.CCC(C)=O. The molecule has 1 aromatic rings. The van der Waals surface area contributed by atoms with Gasteiger partial charge in [-0.15, -0.1) is 0 Å². The van der Waals surface area contributed by atoms with Gasteiger partial charge >= 0.3 is 0 Å². The van der Waals surface area contributed by atoms with Crippen LogP contribution in [0.4, 0.5) is 0 Å². The molecule has 1 heterocycles. The first-order valence-electron chi connectivity index (χ1n) is 8.16. The fraction of sp³-hybridized carbons (Fsp3) is 0.474. The molecule has 2 aliphatic carbocycles. The monoisotopic (exact) mass is 314 g/mol. The van der Waals surface area contributed by atoms with Gasteiger partial charge in [0, 0.05) is 24.1 Å². The third-order valence-electron chi connectivity index (χ3n) is 4.67. The number of H-pyrrole nitrogens is 1. The molecule has 4 nitrogen and oxygen atoms in total. The van der Waals surface area contributed by atoms with Gasteiger partial charge in [0.05, 0.1) is 5.54 Å². The second-order valence-electron chi connectivity index (χ2n) is 6.49. The Morgan fingerprint density at radius 3 is 2.70 bits per heavy atom. The van der Waals surface area contributed by atoms with E-state index in [1.165, 1.54) is 11.1 Å². The number of aromatic nitrogens is 1. The average Bonchev–Trinajstić information content (AvgIpc) is 2.46. The Labute approximate surface area is 137 Å². The molecule has 2 aliphatic rings. The lowest BCUT2D eigenvalue weighted by Crippen LogP contribution is -2.48. The highest BCUT2D eigenvalue weighted by molar-refractivity contribution is 5.74. The number of Topliss-reactive ketones (excluding diaryl/α,β-unsaturated/α-hetero) is 1. The summed E-state index contributed by atoms with van der Waals surface area (Å²) in [5.41, 5.74) is 10.9. The standard InChI is InChI=1S/C15H18N2O.C4H8O/c1-3-11-10-6-9(2)8-15(11,16)12-4-5-14(18)17-13(12)7-10;1-3-4(2)5/h3-6,10H,7-8,16H2,1-2H3,(H,17,18);3H2,1-2H3/b11-3+;/t10-,15+;/m1./s1. The second-order valence-corrected chi connectivity index (χ2v) is 6.49. The van der Waals surface area contributed by atoms with Crippen LogP contribution >= 0.6 is 0 Å². The lowest BCUT2D eigenvalue weighted by Gasteiger charge is -2.45. The Balaban J connectivity index is 0.000000338. The quantitative estimate of drug-likeness (QED) is 0.782. The molecule has 0 spiro atoms. The van der Waals surface area contributed by atoms with Crippen molar-refractivity contribution < 1.29 is 4.79 Å². The number of hydrogen-bond donors (Lipinski definition) is 2. The molecule has 0 amide bonds. The average molecular weight is 314 g/mol. The number of allylic oxidation sites excluding steroid dienone is 2. The van der Waals surface area contributed by atoms with Crippen molar-refractivity contribution in [1.82, 2.24) is 4.98 Å². The fourth-order valence-corrected chi connectivity index (χ4v) is 3.57. The molecule has 23 heavy (non-hydrogen) atoms. The maximum absolute atomic E-state index is 11.5. The van der Waals surface area contributed by atoms with Crippen LogP contribution in [0, 0.1) is 5.92 Å². The number of carbonyl (C=O) groups is 1. The summed E-state index contributed by atoms with van der Waals surface area (Å²) >= 11 is 0. The zero-order chi connectivity index (χ0) is 17.2. The second kappa shape index (κ2) is 6.67. The predicted octanol–water partition coefficient (Wildman–Crippen LogP) is 2.98. The van der Waals surface area contributed by atoms with Crippen molar-refractivity contribution in [3.8, 4) is 0 Å². The molecular formula is C19H26N2O2. The summed E-state index contributed by atoms with van der Waals surface area (Å²) in [6.07, 6.45) is 6.78. The van der Waals surface area contributed by atoms with E-state index < -0.39 is 5.54 Å². The Morgan fingerprint density at radius 2 is 2.13 bits per heavy atom. The summed E-state index contributed by atoms with van der Waals surface area (Å²) in [5, 5.41) is 0. The third-order valence-corrected chi connectivity index (χ3v) is 4.67. The van der Waals surface area contributed by atoms with Gasteiger partial charge in [0.2, 0.25) is 5.56 Å². The highest BCUT2D eigenvalue weighted by Gasteiger charge is 2.43. The summed E-state index contributed by atoms with van der Waals surface area (Å²) in [6, 6.07) is 3.47. The highest BCUT2D eigenvalue weighted by Crippen LogP contribution is 2.47. The van der Waals surface area contributed by atoms with Gasteiger partial charge < -0.3 is 15.5 Å². The van der Waals surface area contributed by atoms with E-state index in [9.17, 15) is 9.59 Å². The van der Waals surface area contributed by atoms with E-state index in [4.69, 9.17) is 5.73 Å². The number of aromatic amines is 1. The molecule has 0 aromatic carbocycles. The van der Waals surface area contributed by atoms with Crippen molar-refractivity contribution in [3.63, 3.8) is 0 Å². The van der Waals surface area contributed by atoms with Gasteiger partial charge in [-0.2, -0.15) is 0 Å². The van der Waals surface area contributed by atoms with Crippen LogP contribution in [0.1, 0.15) is 51.8 Å². The Hall–Kier alpha value is -1.94. The number of carbonyl (C=O) groups excluding carboxylic acids is 1. The number of fused-ring (bicyclic) bond motifs is 4. The highest BCUT2D eigenvalue weighted by atomic mass is 16.1. The molecule has 3 N–H and O–H groups in total. The van der Waals surface area contributed by atoms with Crippen molar-refractivity contribution in [1.29, 1.82) is 0 Å². The fourth-order valence-electron chi connectivity index (χ4n) is 3.57. The van der Waals surface area contributed by atoms with Crippen LogP contribution in [0.25, 0.3) is 0 Å². The topological polar surface area (TPSA) is 76.0 Å². The normalized spacial score (nSPS) is 26.7. The lowest BCUT2D eigenvalue weighted by molar-refractivity contribution is -0.116. The summed E-state index contributed by atoms with van der Waals surface area (Å²) in [4.78, 5) is 24.2. The number of nitrogens with two attached hydrogens (primary N) is 1. The van der Waals surface area contributed by atoms with E-state index in [0.717, 1.165) is 24.1 Å². The number of ketones is 1. The van der Waals surface area contributed by atoms with Crippen molar-refractivity contribution in [3.05, 3.63) is 57.0 Å². The molecule has 0 fully saturated rings. The number of hydrogen-bond acceptors (Lipinski definition) is 3. The number of nitrogens with one attached hydrogen (secondary N) is 1. The summed E-state index contributed by atoms with van der Waals surface area (Å²) < 4.78 is 0. The third kappa shape index (κ3) is 3.37. The van der Waals surface area contributed by atoms with Crippen molar-refractivity contribution in [2.45, 2.75) is 52.5 Å². The minimum atomic E-state index is -0.434. The van der Waals surface area contributed by atoms with Crippen LogP contribution in [0.2, 0.25) is 0 Å². The van der Waals surface area contributed by atoms with E-state index in [1.54, 1.807) is 13.0 Å². The van der Waals surface area contributed by atoms with E-state index in [0.29, 0.717) is 12.3 Å². The van der Waals surface area contributed by atoms with Crippen LogP contribution < -0.4 is 11.3 Å².